The molecule has 0 aromatic heterocycles. The zero-order chi connectivity index (χ0) is 15.3. The Bertz CT molecular complexity index is 408. The average molecular weight is 288 g/mol. The Hall–Kier alpha value is -0.860. The van der Waals surface area contributed by atoms with Gasteiger partial charge in [-0.1, -0.05) is 52.0 Å². The molecule has 2 rings (SSSR count). The maximum absolute atomic E-state index is 3.64. The minimum atomic E-state index is 0.249. The van der Waals surface area contributed by atoms with Gasteiger partial charge < -0.3 is 10.2 Å². The standard InChI is InChI=1S/C19H32N2/c1-5-21-12-10-17(11-13-21)15-20-14-16-6-8-18(9-7-16)19(2,3)4/h6-9,17,20H,5,10-15H2,1-4H3. The highest BCUT2D eigenvalue weighted by Gasteiger charge is 2.17. The van der Waals surface area contributed by atoms with Gasteiger partial charge in [0.25, 0.3) is 0 Å². The van der Waals surface area contributed by atoms with E-state index in [0.717, 1.165) is 12.5 Å². The van der Waals surface area contributed by atoms with Gasteiger partial charge in [-0.05, 0) is 61.5 Å². The molecule has 1 N–H and O–H groups in total. The lowest BCUT2D eigenvalue weighted by atomic mass is 9.87. The van der Waals surface area contributed by atoms with E-state index in [1.807, 2.05) is 0 Å². The second-order valence-corrected chi connectivity index (χ2v) is 7.46. The zero-order valence-corrected chi connectivity index (χ0v) is 14.3. The maximum atomic E-state index is 3.64. The quantitative estimate of drug-likeness (QED) is 0.886. The summed E-state index contributed by atoms with van der Waals surface area (Å²) in [6, 6.07) is 9.09. The number of likely N-dealkylation sites (tertiary alicyclic amines) is 1. The number of hydrogen-bond donors (Lipinski definition) is 1. The van der Waals surface area contributed by atoms with Gasteiger partial charge >= 0.3 is 0 Å². The summed E-state index contributed by atoms with van der Waals surface area (Å²) in [4.78, 5) is 2.56. The van der Waals surface area contributed by atoms with Crippen LogP contribution < -0.4 is 5.32 Å². The number of hydrogen-bond acceptors (Lipinski definition) is 2. The largest absolute Gasteiger partial charge is 0.312 e. The van der Waals surface area contributed by atoms with Crippen molar-refractivity contribution in [2.45, 2.75) is 52.5 Å². The van der Waals surface area contributed by atoms with E-state index in [9.17, 15) is 0 Å². The summed E-state index contributed by atoms with van der Waals surface area (Å²) in [5.74, 6) is 0.863. The van der Waals surface area contributed by atoms with Crippen LogP contribution >= 0.6 is 0 Å². The Kier molecular flexibility index (Phi) is 5.83. The molecule has 0 spiro atoms. The highest BCUT2D eigenvalue weighted by Crippen LogP contribution is 2.22. The molecule has 118 valence electrons. The van der Waals surface area contributed by atoms with Crippen LogP contribution in [0, 0.1) is 5.92 Å². The van der Waals surface area contributed by atoms with Gasteiger partial charge in [0.1, 0.15) is 0 Å². The SMILES string of the molecule is CCN1CCC(CNCc2ccc(C(C)(C)C)cc2)CC1. The molecule has 1 fully saturated rings. The van der Waals surface area contributed by atoms with E-state index >= 15 is 0 Å². The van der Waals surface area contributed by atoms with E-state index in [0.29, 0.717) is 0 Å². The fourth-order valence-corrected chi connectivity index (χ4v) is 3.05. The molecule has 1 heterocycles. The van der Waals surface area contributed by atoms with Crippen molar-refractivity contribution in [2.75, 3.05) is 26.2 Å². The third kappa shape index (κ3) is 5.12. The smallest absolute Gasteiger partial charge is 0.0205 e. The minimum absolute atomic E-state index is 0.249. The van der Waals surface area contributed by atoms with Crippen molar-refractivity contribution in [1.82, 2.24) is 10.2 Å². The van der Waals surface area contributed by atoms with Crippen LogP contribution in [0.4, 0.5) is 0 Å². The second-order valence-electron chi connectivity index (χ2n) is 7.46. The molecule has 2 heteroatoms. The van der Waals surface area contributed by atoms with Crippen LogP contribution in [-0.4, -0.2) is 31.1 Å². The molecule has 1 aliphatic rings. The van der Waals surface area contributed by atoms with Gasteiger partial charge in [0.2, 0.25) is 0 Å². The van der Waals surface area contributed by atoms with E-state index in [1.54, 1.807) is 0 Å². The Morgan fingerprint density at radius 2 is 1.71 bits per heavy atom. The first kappa shape index (κ1) is 16.5. The molecule has 1 aromatic rings. The monoisotopic (exact) mass is 288 g/mol. The van der Waals surface area contributed by atoms with E-state index < -0.39 is 0 Å². The number of benzene rings is 1. The molecule has 0 atom stereocenters. The van der Waals surface area contributed by atoms with Crippen molar-refractivity contribution >= 4 is 0 Å². The minimum Gasteiger partial charge on any atom is -0.312 e. The van der Waals surface area contributed by atoms with Gasteiger partial charge in [-0.15, -0.1) is 0 Å². The van der Waals surface area contributed by atoms with Crippen molar-refractivity contribution in [3.63, 3.8) is 0 Å². The highest BCUT2D eigenvalue weighted by molar-refractivity contribution is 5.27. The van der Waals surface area contributed by atoms with E-state index in [-0.39, 0.29) is 5.41 Å². The fraction of sp³-hybridized carbons (Fsp3) is 0.684. The van der Waals surface area contributed by atoms with Crippen molar-refractivity contribution in [1.29, 1.82) is 0 Å². The molecule has 2 nitrogen and oxygen atoms in total. The normalized spacial score (nSPS) is 18.1. The highest BCUT2D eigenvalue weighted by atomic mass is 15.1. The molecule has 0 bridgehead atoms. The molecular weight excluding hydrogens is 256 g/mol. The molecule has 0 amide bonds. The Balaban J connectivity index is 1.72. The molecule has 1 aromatic carbocycles. The summed E-state index contributed by atoms with van der Waals surface area (Å²) < 4.78 is 0. The van der Waals surface area contributed by atoms with Gasteiger partial charge in [0.05, 0.1) is 0 Å². The molecule has 1 saturated heterocycles. The van der Waals surface area contributed by atoms with Gasteiger partial charge in [0.15, 0.2) is 0 Å². The Morgan fingerprint density at radius 3 is 2.24 bits per heavy atom. The summed E-state index contributed by atoms with van der Waals surface area (Å²) in [7, 11) is 0. The van der Waals surface area contributed by atoms with Crippen LogP contribution in [-0.2, 0) is 12.0 Å². The molecule has 0 radical (unpaired) electrons. The van der Waals surface area contributed by atoms with Crippen LogP contribution in [0.5, 0.6) is 0 Å². The molecule has 1 aliphatic heterocycles. The summed E-state index contributed by atoms with van der Waals surface area (Å²) in [5.41, 5.74) is 3.06. The molecular formula is C19H32N2. The van der Waals surface area contributed by atoms with Crippen LogP contribution in [0.15, 0.2) is 24.3 Å². The topological polar surface area (TPSA) is 15.3 Å². The van der Waals surface area contributed by atoms with Gasteiger partial charge in [0, 0.05) is 6.54 Å². The number of nitrogens with one attached hydrogen (secondary N) is 1. The van der Waals surface area contributed by atoms with Crippen molar-refractivity contribution in [3.05, 3.63) is 35.4 Å². The Labute approximate surface area is 130 Å². The van der Waals surface area contributed by atoms with Gasteiger partial charge in [-0.3, -0.25) is 0 Å². The molecule has 0 aliphatic carbocycles. The number of rotatable bonds is 5. The first-order valence-corrected chi connectivity index (χ1v) is 8.51. The third-order valence-corrected chi connectivity index (χ3v) is 4.74. The lowest BCUT2D eigenvalue weighted by Crippen LogP contribution is -2.36. The van der Waals surface area contributed by atoms with Crippen molar-refractivity contribution in [3.8, 4) is 0 Å². The summed E-state index contributed by atoms with van der Waals surface area (Å²) >= 11 is 0. The van der Waals surface area contributed by atoms with Crippen LogP contribution in [0.25, 0.3) is 0 Å². The summed E-state index contributed by atoms with van der Waals surface area (Å²) in [5, 5.41) is 3.64. The predicted molar refractivity (Wildman–Crippen MR) is 91.7 cm³/mol. The van der Waals surface area contributed by atoms with E-state index in [4.69, 9.17) is 0 Å². The lowest BCUT2D eigenvalue weighted by molar-refractivity contribution is 0.190. The van der Waals surface area contributed by atoms with Crippen molar-refractivity contribution in [2.24, 2.45) is 5.92 Å². The summed E-state index contributed by atoms with van der Waals surface area (Å²) in [6.45, 7) is 15.0. The zero-order valence-electron chi connectivity index (χ0n) is 14.3. The van der Waals surface area contributed by atoms with Crippen LogP contribution in [0.3, 0.4) is 0 Å². The maximum Gasteiger partial charge on any atom is 0.0205 e. The lowest BCUT2D eigenvalue weighted by Gasteiger charge is -2.31. The van der Waals surface area contributed by atoms with Crippen molar-refractivity contribution < 1.29 is 0 Å². The average Bonchev–Trinajstić information content (AvgIpc) is 2.47. The molecule has 21 heavy (non-hydrogen) atoms. The van der Waals surface area contributed by atoms with E-state index in [2.05, 4.69) is 62.2 Å². The van der Waals surface area contributed by atoms with Gasteiger partial charge in [-0.25, -0.2) is 0 Å². The third-order valence-electron chi connectivity index (χ3n) is 4.74. The summed E-state index contributed by atoms with van der Waals surface area (Å²) in [6.07, 6.45) is 2.70. The molecule has 0 saturated carbocycles. The fourth-order valence-electron chi connectivity index (χ4n) is 3.05. The number of piperidine rings is 1. The predicted octanol–water partition coefficient (Wildman–Crippen LogP) is 3.81. The number of nitrogens with zero attached hydrogens (tertiary/aromatic N) is 1. The second kappa shape index (κ2) is 7.42. The van der Waals surface area contributed by atoms with Crippen LogP contribution in [0.1, 0.15) is 51.7 Å². The molecule has 0 unspecified atom stereocenters. The first-order chi connectivity index (χ1) is 9.99. The van der Waals surface area contributed by atoms with E-state index in [1.165, 1.54) is 50.1 Å². The Morgan fingerprint density at radius 1 is 1.10 bits per heavy atom. The van der Waals surface area contributed by atoms with Crippen LogP contribution in [0.2, 0.25) is 0 Å². The first-order valence-electron chi connectivity index (χ1n) is 8.51. The van der Waals surface area contributed by atoms with Gasteiger partial charge in [-0.2, -0.15) is 0 Å².